The van der Waals surface area contributed by atoms with Gasteiger partial charge in [-0.2, -0.15) is 11.8 Å². The fourth-order valence-corrected chi connectivity index (χ4v) is 17.2. The number of sulfone groups is 1. The normalized spacial score (nSPS) is 45.9. The van der Waals surface area contributed by atoms with E-state index >= 15 is 0 Å². The molecule has 0 aromatic carbocycles. The first kappa shape index (κ1) is 42.0. The van der Waals surface area contributed by atoms with Crippen molar-refractivity contribution in [2.45, 2.75) is 144 Å². The number of esters is 1. The van der Waals surface area contributed by atoms with Crippen molar-refractivity contribution >= 4 is 33.5 Å². The quantitative estimate of drug-likeness (QED) is 0.158. The fraction of sp³-hybridized carbons (Fsp3) is 0.911. The lowest BCUT2D eigenvalue weighted by Gasteiger charge is -2.73. The topological polar surface area (TPSA) is 113 Å². The van der Waals surface area contributed by atoms with Crippen molar-refractivity contribution in [1.29, 1.82) is 0 Å². The molecule has 1 heterocycles. The van der Waals surface area contributed by atoms with E-state index in [9.17, 15) is 23.1 Å². The summed E-state index contributed by atoms with van der Waals surface area (Å²) in [6.07, 6.45) is 14.6. The predicted octanol–water partition coefficient (Wildman–Crippen LogP) is 8.11. The molecular weight excluding hydrogens is 729 g/mol. The lowest BCUT2D eigenvalue weighted by molar-refractivity contribution is -0.246. The van der Waals surface area contributed by atoms with E-state index in [-0.39, 0.29) is 50.8 Å². The number of nitrogens with zero attached hydrogens (tertiary/aromatic N) is 1. The average Bonchev–Trinajstić information content (AvgIpc) is 3.49. The Morgan fingerprint density at radius 1 is 0.873 bits per heavy atom. The molecule has 10 heteroatoms. The number of carbonyl (C=O) groups is 2. The maximum atomic E-state index is 13.5. The Kier molecular flexibility index (Phi) is 10.9. The number of carbonyl (C=O) groups excluding carboxylic acids is 1. The van der Waals surface area contributed by atoms with Crippen LogP contribution in [0.25, 0.3) is 0 Å². The summed E-state index contributed by atoms with van der Waals surface area (Å²) in [6, 6.07) is 0.353. The lowest BCUT2D eigenvalue weighted by atomic mass is 9.32. The van der Waals surface area contributed by atoms with Gasteiger partial charge in [-0.05, 0) is 141 Å². The molecule has 6 aliphatic carbocycles. The molecule has 1 saturated heterocycles. The predicted molar refractivity (Wildman–Crippen MR) is 223 cm³/mol. The summed E-state index contributed by atoms with van der Waals surface area (Å²) in [4.78, 5) is 27.9. The van der Waals surface area contributed by atoms with Crippen molar-refractivity contribution in [3.63, 3.8) is 0 Å². The zero-order valence-corrected chi connectivity index (χ0v) is 37.3. The molecule has 13 atom stereocenters. The number of ether oxygens (including phenoxy) is 1. The summed E-state index contributed by atoms with van der Waals surface area (Å²) >= 11 is 1.89. The van der Waals surface area contributed by atoms with Crippen LogP contribution in [-0.4, -0.2) is 91.2 Å². The number of hydrogen-bond acceptors (Lipinski definition) is 8. The van der Waals surface area contributed by atoms with E-state index in [1.54, 1.807) is 0 Å². The van der Waals surface area contributed by atoms with Gasteiger partial charge >= 0.3 is 11.9 Å². The van der Waals surface area contributed by atoms with E-state index in [1.165, 1.54) is 50.5 Å². The molecule has 7 rings (SSSR count). The molecule has 0 aromatic rings. The first-order chi connectivity index (χ1) is 25.6. The van der Waals surface area contributed by atoms with Crippen molar-refractivity contribution in [3.05, 3.63) is 12.2 Å². The first-order valence-corrected chi connectivity index (χ1v) is 25.1. The molecule has 0 aromatic heterocycles. The Morgan fingerprint density at radius 3 is 2.18 bits per heavy atom. The van der Waals surface area contributed by atoms with Crippen LogP contribution in [0.15, 0.2) is 12.2 Å². The van der Waals surface area contributed by atoms with Crippen molar-refractivity contribution in [2.75, 3.05) is 43.1 Å². The van der Waals surface area contributed by atoms with E-state index < -0.39 is 33.1 Å². The second-order valence-electron chi connectivity index (χ2n) is 21.7. The number of carboxylic acid groups (broad SMARTS) is 1. The number of nitrogens with one attached hydrogen (secondary N) is 1. The maximum Gasteiger partial charge on any atom is 0.310 e. The van der Waals surface area contributed by atoms with Crippen LogP contribution in [-0.2, 0) is 24.2 Å². The molecule has 0 amide bonds. The molecule has 8 nitrogen and oxygen atoms in total. The van der Waals surface area contributed by atoms with Crippen molar-refractivity contribution in [1.82, 2.24) is 10.2 Å². The van der Waals surface area contributed by atoms with Gasteiger partial charge in [-0.1, -0.05) is 60.6 Å². The first-order valence-electron chi connectivity index (χ1n) is 21.9. The van der Waals surface area contributed by atoms with Gasteiger partial charge in [-0.15, -0.1) is 0 Å². The number of rotatable bonds is 11. The van der Waals surface area contributed by atoms with E-state index in [1.807, 2.05) is 25.6 Å². The highest BCUT2D eigenvalue weighted by atomic mass is 32.2. The zero-order valence-electron chi connectivity index (χ0n) is 35.7. The molecule has 312 valence electrons. The van der Waals surface area contributed by atoms with Crippen LogP contribution in [0, 0.1) is 68.5 Å². The Labute approximate surface area is 337 Å². The molecule has 0 bridgehead atoms. The van der Waals surface area contributed by atoms with Crippen molar-refractivity contribution in [2.24, 2.45) is 68.5 Å². The molecule has 7 fully saturated rings. The van der Waals surface area contributed by atoms with Gasteiger partial charge < -0.3 is 15.2 Å². The molecule has 0 spiro atoms. The molecular formula is C45H74N2O6S2. The van der Waals surface area contributed by atoms with Gasteiger partial charge in [0.05, 0.1) is 23.3 Å². The smallest absolute Gasteiger partial charge is 0.310 e. The zero-order chi connectivity index (χ0) is 40.1. The van der Waals surface area contributed by atoms with Crippen LogP contribution in [0.3, 0.4) is 0 Å². The Morgan fingerprint density at radius 2 is 1.56 bits per heavy atom. The molecule has 7 aliphatic rings. The van der Waals surface area contributed by atoms with Gasteiger partial charge in [0.15, 0.2) is 9.84 Å². The molecule has 0 radical (unpaired) electrons. The third-order valence-electron chi connectivity index (χ3n) is 18.9. The third kappa shape index (κ3) is 6.62. The maximum absolute atomic E-state index is 13.5. The van der Waals surface area contributed by atoms with Gasteiger partial charge in [0.25, 0.3) is 0 Å². The number of fused-ring (bicyclic) bond motifs is 7. The second-order valence-corrected chi connectivity index (χ2v) is 25.0. The minimum absolute atomic E-state index is 0.0945. The summed E-state index contributed by atoms with van der Waals surface area (Å²) in [5.41, 5.74) is 1.28. The van der Waals surface area contributed by atoms with Crippen LogP contribution < -0.4 is 5.32 Å². The van der Waals surface area contributed by atoms with Crippen LogP contribution in [0.1, 0.15) is 126 Å². The summed E-state index contributed by atoms with van der Waals surface area (Å²) in [7, 11) is -2.92. The monoisotopic (exact) mass is 802 g/mol. The fourth-order valence-electron chi connectivity index (χ4n) is 15.5. The van der Waals surface area contributed by atoms with E-state index in [0.717, 1.165) is 38.0 Å². The van der Waals surface area contributed by atoms with Crippen molar-refractivity contribution < 1.29 is 27.9 Å². The number of thioether (sulfide) groups is 1. The minimum Gasteiger partial charge on any atom is -0.481 e. The highest BCUT2D eigenvalue weighted by Gasteiger charge is 2.72. The summed E-state index contributed by atoms with van der Waals surface area (Å²) in [6.45, 7) is 25.5. The average molecular weight is 803 g/mol. The summed E-state index contributed by atoms with van der Waals surface area (Å²) in [5, 5.41) is 14.1. The van der Waals surface area contributed by atoms with Crippen molar-refractivity contribution in [3.8, 4) is 0 Å². The number of allylic oxidation sites excluding steroid dienone is 1. The molecule has 6 saturated carbocycles. The van der Waals surface area contributed by atoms with Crippen LogP contribution in [0.5, 0.6) is 0 Å². The van der Waals surface area contributed by atoms with E-state index in [0.29, 0.717) is 48.7 Å². The number of carboxylic acids is 1. The summed E-state index contributed by atoms with van der Waals surface area (Å²) < 4.78 is 31.0. The SMILES string of the molecule is C=C(C)[C@@H]1CC[C@]2(NCC(CCSC)N3CCS(=O)(=O)CC3)CC[C@]3(C)[C@H](CC[C@@H]4[C@@]5(C)CC[C@H](OC(=O)[C@H]6[C@@H](C(=O)O)C6(C)C)C(C)(C)[C@@H]5CC[C@]43C)[C@@H]12. The van der Waals surface area contributed by atoms with Gasteiger partial charge in [-0.25, -0.2) is 8.42 Å². The van der Waals surface area contributed by atoms with Gasteiger partial charge in [0.2, 0.25) is 0 Å². The van der Waals surface area contributed by atoms with Gasteiger partial charge in [0, 0.05) is 36.6 Å². The second kappa shape index (κ2) is 14.3. The molecule has 1 aliphatic heterocycles. The van der Waals surface area contributed by atoms with Gasteiger partial charge in [0.1, 0.15) is 6.10 Å². The largest absolute Gasteiger partial charge is 0.481 e. The molecule has 1 unspecified atom stereocenters. The molecule has 55 heavy (non-hydrogen) atoms. The summed E-state index contributed by atoms with van der Waals surface area (Å²) in [5.74, 6) is 1.97. The lowest BCUT2D eigenvalue weighted by Crippen LogP contribution is -2.69. The number of aliphatic carboxylic acids is 1. The Balaban J connectivity index is 1.11. The standard InChI is InChI=1S/C45H74N2O6S2/c1-28(2)30-13-19-45(46-27-29(16-24-54-10)47-22-25-55(51,52)26-23-47)21-20-43(8)31(35(30)45)11-12-33-42(7)17-15-34(40(3,4)32(42)14-18-44(33,43)9)53-39(50)37-36(38(48)49)41(37,5)6/h29-37,46H,1,11-27H2,2-10H3,(H,48,49)/t29?,30-,31+,32-,33+,34-,35+,36-,37+,42-,43+,44+,45-/m0/s1. The van der Waals surface area contributed by atoms with E-state index in [2.05, 4.69) is 64.6 Å². The van der Waals surface area contributed by atoms with Crippen LogP contribution >= 0.6 is 11.8 Å². The van der Waals surface area contributed by atoms with Crippen LogP contribution in [0.4, 0.5) is 0 Å². The number of hydrogen-bond donors (Lipinski definition) is 2. The van der Waals surface area contributed by atoms with Gasteiger partial charge in [-0.3, -0.25) is 14.5 Å². The minimum atomic E-state index is -2.92. The highest BCUT2D eigenvalue weighted by molar-refractivity contribution is 7.98. The highest BCUT2D eigenvalue weighted by Crippen LogP contribution is 2.76. The Hall–Kier alpha value is -1.10. The Bertz CT molecular complexity index is 1630. The third-order valence-corrected chi connectivity index (χ3v) is 21.1. The van der Waals surface area contributed by atoms with E-state index in [4.69, 9.17) is 4.74 Å². The molecule has 2 N–H and O–H groups in total. The van der Waals surface area contributed by atoms with Crippen LogP contribution in [0.2, 0.25) is 0 Å².